The number of aryl methyl sites for hydroxylation is 1. The first-order valence-corrected chi connectivity index (χ1v) is 10.1. The first kappa shape index (κ1) is 23.1. The zero-order valence-corrected chi connectivity index (χ0v) is 17.8. The zero-order valence-electron chi connectivity index (χ0n) is 17.8. The van der Waals surface area contributed by atoms with Crippen molar-refractivity contribution in [1.29, 1.82) is 0 Å². The van der Waals surface area contributed by atoms with Crippen LogP contribution in [-0.2, 0) is 27.4 Å². The van der Waals surface area contributed by atoms with Crippen molar-refractivity contribution < 1.29 is 24.2 Å². The average Bonchev–Trinajstić information content (AvgIpc) is 3.15. The Kier molecular flexibility index (Phi) is 8.84. The second-order valence-corrected chi connectivity index (χ2v) is 7.56. The number of carbonyl (C=O) groups is 2. The molecule has 1 aromatic heterocycles. The van der Waals surface area contributed by atoms with Crippen molar-refractivity contribution in [3.8, 4) is 0 Å². The van der Waals surface area contributed by atoms with Crippen molar-refractivity contribution in [3.63, 3.8) is 0 Å². The maximum absolute atomic E-state index is 12.8. The molecule has 29 heavy (non-hydrogen) atoms. The van der Waals surface area contributed by atoms with Gasteiger partial charge in [-0.25, -0.2) is 4.79 Å². The molecule has 0 spiro atoms. The summed E-state index contributed by atoms with van der Waals surface area (Å²) in [6.07, 6.45) is 2.04. The first-order valence-electron chi connectivity index (χ1n) is 10.1. The number of nitrogens with zero attached hydrogens (tertiary/aromatic N) is 5. The van der Waals surface area contributed by atoms with E-state index in [9.17, 15) is 14.7 Å². The van der Waals surface area contributed by atoms with Gasteiger partial charge in [-0.2, -0.15) is 0 Å². The standard InChI is InChI=1S/C19H33N5O5/c1-5-28-19(27)22(4)11-17-14(2)9-24(15(3)12-25)18(26)7-6-8-23-10-16(13-29-17)20-21-23/h10,14-15,17,25H,5-9,11-13H2,1-4H3/t14-,15-,17-/m0/s1. The van der Waals surface area contributed by atoms with Gasteiger partial charge >= 0.3 is 6.09 Å². The molecule has 0 aromatic carbocycles. The van der Waals surface area contributed by atoms with Crippen LogP contribution in [0.2, 0.25) is 0 Å². The van der Waals surface area contributed by atoms with Crippen LogP contribution in [0.1, 0.15) is 39.3 Å². The Hall–Kier alpha value is -2.20. The highest BCUT2D eigenvalue weighted by molar-refractivity contribution is 5.76. The van der Waals surface area contributed by atoms with E-state index in [0.29, 0.717) is 44.8 Å². The largest absolute Gasteiger partial charge is 0.450 e. The number of fused-ring (bicyclic) bond motifs is 2. The van der Waals surface area contributed by atoms with E-state index in [1.54, 1.807) is 23.6 Å². The van der Waals surface area contributed by atoms with E-state index >= 15 is 0 Å². The highest BCUT2D eigenvalue weighted by Gasteiger charge is 2.29. The number of aromatic nitrogens is 3. The summed E-state index contributed by atoms with van der Waals surface area (Å²) in [6.45, 7) is 7.32. The molecule has 2 rings (SSSR count). The van der Waals surface area contributed by atoms with Crippen LogP contribution in [-0.4, -0.2) is 87.4 Å². The fourth-order valence-electron chi connectivity index (χ4n) is 3.27. The number of amides is 2. The van der Waals surface area contributed by atoms with Crippen LogP contribution in [0, 0.1) is 5.92 Å². The number of aliphatic hydroxyl groups excluding tert-OH is 1. The Morgan fingerprint density at radius 1 is 1.52 bits per heavy atom. The minimum Gasteiger partial charge on any atom is -0.450 e. The predicted octanol–water partition coefficient (Wildman–Crippen LogP) is 0.891. The maximum atomic E-state index is 12.8. The molecule has 164 valence electrons. The number of hydrogen-bond donors (Lipinski definition) is 1. The molecule has 10 nitrogen and oxygen atoms in total. The van der Waals surface area contributed by atoms with Gasteiger partial charge in [-0.05, 0) is 20.3 Å². The van der Waals surface area contributed by atoms with Crippen LogP contribution in [0.3, 0.4) is 0 Å². The fourth-order valence-corrected chi connectivity index (χ4v) is 3.27. The van der Waals surface area contributed by atoms with Gasteiger partial charge in [0.15, 0.2) is 0 Å². The molecular formula is C19H33N5O5. The third-order valence-corrected chi connectivity index (χ3v) is 5.08. The summed E-state index contributed by atoms with van der Waals surface area (Å²) in [5.74, 6) is -0.101. The molecule has 1 aliphatic heterocycles. The van der Waals surface area contributed by atoms with Gasteiger partial charge < -0.3 is 24.4 Å². The molecule has 1 aromatic rings. The van der Waals surface area contributed by atoms with Gasteiger partial charge in [0, 0.05) is 32.5 Å². The Balaban J connectivity index is 2.21. The molecule has 0 aliphatic carbocycles. The van der Waals surface area contributed by atoms with Crippen molar-refractivity contribution >= 4 is 12.0 Å². The van der Waals surface area contributed by atoms with Crippen LogP contribution >= 0.6 is 0 Å². The van der Waals surface area contributed by atoms with Crippen LogP contribution < -0.4 is 0 Å². The molecule has 1 N–H and O–H groups in total. The lowest BCUT2D eigenvalue weighted by Crippen LogP contribution is -2.47. The molecular weight excluding hydrogens is 378 g/mol. The van der Waals surface area contributed by atoms with E-state index in [1.807, 2.05) is 20.0 Å². The van der Waals surface area contributed by atoms with Crippen LogP contribution in [0.15, 0.2) is 6.20 Å². The Labute approximate surface area is 171 Å². The van der Waals surface area contributed by atoms with Gasteiger partial charge in [-0.3, -0.25) is 9.48 Å². The fraction of sp³-hybridized carbons (Fsp3) is 0.789. The Morgan fingerprint density at radius 3 is 2.97 bits per heavy atom. The quantitative estimate of drug-likeness (QED) is 0.766. The molecule has 0 unspecified atom stereocenters. The van der Waals surface area contributed by atoms with Gasteiger partial charge in [-0.1, -0.05) is 12.1 Å². The summed E-state index contributed by atoms with van der Waals surface area (Å²) in [5.41, 5.74) is 0.701. The third kappa shape index (κ3) is 6.67. The lowest BCUT2D eigenvalue weighted by Gasteiger charge is -2.35. The molecule has 2 bridgehead atoms. The lowest BCUT2D eigenvalue weighted by atomic mass is 10.0. The molecule has 3 atom stereocenters. The number of hydrogen-bond acceptors (Lipinski definition) is 7. The number of rotatable bonds is 5. The number of likely N-dealkylation sites (N-methyl/N-ethyl adjacent to an activating group) is 1. The minimum absolute atomic E-state index is 0.0181. The van der Waals surface area contributed by atoms with Crippen LogP contribution in [0.25, 0.3) is 0 Å². The number of ether oxygens (including phenoxy) is 2. The van der Waals surface area contributed by atoms with Crippen molar-refractivity contribution in [2.24, 2.45) is 5.92 Å². The minimum atomic E-state index is -0.422. The predicted molar refractivity (Wildman–Crippen MR) is 105 cm³/mol. The summed E-state index contributed by atoms with van der Waals surface area (Å²) in [5, 5.41) is 17.8. The van der Waals surface area contributed by atoms with E-state index in [1.165, 1.54) is 4.90 Å². The molecule has 10 heteroatoms. The summed E-state index contributed by atoms with van der Waals surface area (Å²) in [4.78, 5) is 28.0. The van der Waals surface area contributed by atoms with E-state index in [4.69, 9.17) is 9.47 Å². The summed E-state index contributed by atoms with van der Waals surface area (Å²) < 4.78 is 12.9. The molecule has 2 heterocycles. The third-order valence-electron chi connectivity index (χ3n) is 5.08. The van der Waals surface area contributed by atoms with Crippen LogP contribution in [0.4, 0.5) is 4.79 Å². The van der Waals surface area contributed by atoms with Gasteiger partial charge in [0.25, 0.3) is 0 Å². The van der Waals surface area contributed by atoms with E-state index in [2.05, 4.69) is 10.3 Å². The van der Waals surface area contributed by atoms with Crippen molar-refractivity contribution in [3.05, 3.63) is 11.9 Å². The molecule has 0 saturated heterocycles. The highest BCUT2D eigenvalue weighted by Crippen LogP contribution is 2.17. The average molecular weight is 412 g/mol. The Bertz CT molecular complexity index is 667. The SMILES string of the molecule is CCOC(=O)N(C)C[C@@H]1OCc2cn(nn2)CCCC(=O)N([C@@H](C)CO)C[C@@H]1C. The Morgan fingerprint density at radius 2 is 2.28 bits per heavy atom. The molecule has 0 fully saturated rings. The second-order valence-electron chi connectivity index (χ2n) is 7.56. The smallest absolute Gasteiger partial charge is 0.409 e. The lowest BCUT2D eigenvalue weighted by molar-refractivity contribution is -0.136. The zero-order chi connectivity index (χ0) is 21.4. The summed E-state index contributed by atoms with van der Waals surface area (Å²) in [7, 11) is 1.66. The van der Waals surface area contributed by atoms with Gasteiger partial charge in [0.1, 0.15) is 5.69 Å². The van der Waals surface area contributed by atoms with Crippen LogP contribution in [0.5, 0.6) is 0 Å². The number of aliphatic hydroxyl groups is 1. The van der Waals surface area contributed by atoms with Gasteiger partial charge in [-0.15, -0.1) is 5.10 Å². The summed E-state index contributed by atoms with van der Waals surface area (Å²) in [6, 6.07) is -0.295. The molecule has 0 radical (unpaired) electrons. The monoisotopic (exact) mass is 411 g/mol. The van der Waals surface area contributed by atoms with Crippen molar-refractivity contribution in [1.82, 2.24) is 24.8 Å². The van der Waals surface area contributed by atoms with Gasteiger partial charge in [0.2, 0.25) is 5.91 Å². The van der Waals surface area contributed by atoms with Gasteiger partial charge in [0.05, 0.1) is 44.7 Å². The van der Waals surface area contributed by atoms with E-state index in [0.717, 1.165) is 0 Å². The first-order chi connectivity index (χ1) is 13.8. The van der Waals surface area contributed by atoms with E-state index in [-0.39, 0.29) is 37.2 Å². The van der Waals surface area contributed by atoms with Crippen molar-refractivity contribution in [2.45, 2.75) is 58.9 Å². The summed E-state index contributed by atoms with van der Waals surface area (Å²) >= 11 is 0. The topological polar surface area (TPSA) is 110 Å². The van der Waals surface area contributed by atoms with Crippen molar-refractivity contribution in [2.75, 3.05) is 33.4 Å². The normalized spacial score (nSPS) is 22.2. The molecule has 1 aliphatic rings. The molecule has 2 amide bonds. The number of carbonyl (C=O) groups excluding carboxylic acids is 2. The maximum Gasteiger partial charge on any atom is 0.409 e. The molecule has 0 saturated carbocycles. The highest BCUT2D eigenvalue weighted by atomic mass is 16.6. The van der Waals surface area contributed by atoms with E-state index < -0.39 is 6.09 Å². The second kappa shape index (κ2) is 11.1.